The molecule has 0 amide bonds. The molecule has 0 unspecified atom stereocenters. The van der Waals surface area contributed by atoms with E-state index < -0.39 is 10.9 Å². The molecule has 1 saturated carbocycles. The quantitative estimate of drug-likeness (QED) is 0.656. The van der Waals surface area contributed by atoms with Gasteiger partial charge in [-0.05, 0) is 31.7 Å². The Kier molecular flexibility index (Phi) is 3.45. The lowest BCUT2D eigenvalue weighted by atomic mass is 10.2. The summed E-state index contributed by atoms with van der Waals surface area (Å²) >= 11 is 0. The lowest BCUT2D eigenvalue weighted by Crippen LogP contribution is -2.12. The standard InChI is InChI=1S/C12H13NO5/c14-12(15)8-5-6-10(13(16)17)11(7-8)18-9-3-1-2-4-9/h5-7,9H,1-4H2,(H,14,15). The van der Waals surface area contributed by atoms with Crippen LogP contribution in [0, 0.1) is 10.1 Å². The number of hydrogen-bond acceptors (Lipinski definition) is 4. The maximum Gasteiger partial charge on any atom is 0.335 e. The smallest absolute Gasteiger partial charge is 0.335 e. The molecule has 1 aromatic rings. The minimum absolute atomic E-state index is 0.00593. The molecule has 0 heterocycles. The summed E-state index contributed by atoms with van der Waals surface area (Å²) in [5.74, 6) is -1.08. The molecule has 0 saturated heterocycles. The molecule has 1 aliphatic carbocycles. The first kappa shape index (κ1) is 12.3. The zero-order chi connectivity index (χ0) is 13.1. The molecule has 6 heteroatoms. The number of nitrogens with zero attached hydrogens (tertiary/aromatic N) is 1. The number of ether oxygens (including phenoxy) is 1. The first-order valence-corrected chi connectivity index (χ1v) is 5.76. The van der Waals surface area contributed by atoms with Crippen molar-refractivity contribution >= 4 is 11.7 Å². The molecular weight excluding hydrogens is 238 g/mol. The lowest BCUT2D eigenvalue weighted by molar-refractivity contribution is -0.386. The third-order valence-electron chi connectivity index (χ3n) is 3.00. The van der Waals surface area contributed by atoms with Crippen molar-refractivity contribution in [2.75, 3.05) is 0 Å². The number of carbonyl (C=O) groups is 1. The average Bonchev–Trinajstić information content (AvgIpc) is 2.81. The average molecular weight is 251 g/mol. The lowest BCUT2D eigenvalue weighted by Gasteiger charge is -2.13. The van der Waals surface area contributed by atoms with Crippen molar-refractivity contribution in [2.45, 2.75) is 31.8 Å². The van der Waals surface area contributed by atoms with Crippen molar-refractivity contribution in [3.05, 3.63) is 33.9 Å². The number of carboxylic acids is 1. The second-order valence-corrected chi connectivity index (χ2v) is 4.27. The predicted molar refractivity (Wildman–Crippen MR) is 62.9 cm³/mol. The zero-order valence-electron chi connectivity index (χ0n) is 9.67. The van der Waals surface area contributed by atoms with Gasteiger partial charge in [0.05, 0.1) is 16.6 Å². The Morgan fingerprint density at radius 2 is 2.06 bits per heavy atom. The number of aromatic carboxylic acids is 1. The second-order valence-electron chi connectivity index (χ2n) is 4.27. The van der Waals surface area contributed by atoms with Crippen LogP contribution >= 0.6 is 0 Å². The van der Waals surface area contributed by atoms with Crippen LogP contribution in [0.2, 0.25) is 0 Å². The van der Waals surface area contributed by atoms with Gasteiger partial charge in [0.15, 0.2) is 5.75 Å². The van der Waals surface area contributed by atoms with Crippen LogP contribution in [0.1, 0.15) is 36.0 Å². The normalized spacial score (nSPS) is 15.6. The van der Waals surface area contributed by atoms with E-state index in [1.54, 1.807) is 0 Å². The van der Waals surface area contributed by atoms with Gasteiger partial charge >= 0.3 is 11.7 Å². The summed E-state index contributed by atoms with van der Waals surface area (Å²) in [5.41, 5.74) is -0.194. The molecule has 18 heavy (non-hydrogen) atoms. The minimum atomic E-state index is -1.12. The van der Waals surface area contributed by atoms with E-state index in [1.165, 1.54) is 18.2 Å². The Balaban J connectivity index is 2.30. The predicted octanol–water partition coefficient (Wildman–Crippen LogP) is 2.61. The third kappa shape index (κ3) is 2.58. The van der Waals surface area contributed by atoms with Gasteiger partial charge in [0.1, 0.15) is 0 Å². The van der Waals surface area contributed by atoms with E-state index in [0.29, 0.717) is 0 Å². The SMILES string of the molecule is O=C(O)c1ccc([N+](=O)[O-])c(OC2CCCC2)c1. The molecule has 96 valence electrons. The zero-order valence-corrected chi connectivity index (χ0v) is 9.67. The largest absolute Gasteiger partial charge is 0.483 e. The van der Waals surface area contributed by atoms with Gasteiger partial charge in [-0.3, -0.25) is 10.1 Å². The van der Waals surface area contributed by atoms with Crippen molar-refractivity contribution in [1.29, 1.82) is 0 Å². The van der Waals surface area contributed by atoms with Crippen LogP contribution in [0.25, 0.3) is 0 Å². The first-order valence-electron chi connectivity index (χ1n) is 5.76. The van der Waals surface area contributed by atoms with Crippen LogP contribution in [0.3, 0.4) is 0 Å². The number of benzene rings is 1. The molecule has 0 radical (unpaired) electrons. The molecule has 1 fully saturated rings. The minimum Gasteiger partial charge on any atom is -0.483 e. The van der Waals surface area contributed by atoms with Crippen molar-refractivity contribution in [3.8, 4) is 5.75 Å². The Morgan fingerprint density at radius 3 is 2.61 bits per heavy atom. The highest BCUT2D eigenvalue weighted by molar-refractivity contribution is 5.88. The Morgan fingerprint density at radius 1 is 1.39 bits per heavy atom. The molecular formula is C12H13NO5. The van der Waals surface area contributed by atoms with E-state index >= 15 is 0 Å². The molecule has 0 aromatic heterocycles. The molecule has 0 atom stereocenters. The molecule has 0 spiro atoms. The van der Waals surface area contributed by atoms with Gasteiger partial charge < -0.3 is 9.84 Å². The van der Waals surface area contributed by atoms with E-state index in [9.17, 15) is 14.9 Å². The summed E-state index contributed by atoms with van der Waals surface area (Å²) < 4.78 is 5.55. The number of carboxylic acid groups (broad SMARTS) is 1. The van der Waals surface area contributed by atoms with Crippen LogP contribution in [0.4, 0.5) is 5.69 Å². The summed E-state index contributed by atoms with van der Waals surface area (Å²) in [7, 11) is 0. The molecule has 2 rings (SSSR count). The molecule has 6 nitrogen and oxygen atoms in total. The van der Waals surface area contributed by atoms with Gasteiger partial charge in [0.25, 0.3) is 0 Å². The second kappa shape index (κ2) is 5.03. The van der Waals surface area contributed by atoms with Crippen molar-refractivity contribution in [2.24, 2.45) is 0 Å². The van der Waals surface area contributed by atoms with Gasteiger partial charge in [0, 0.05) is 12.1 Å². The molecule has 1 aliphatic rings. The van der Waals surface area contributed by atoms with Crippen molar-refractivity contribution in [1.82, 2.24) is 0 Å². The fourth-order valence-corrected chi connectivity index (χ4v) is 2.08. The highest BCUT2D eigenvalue weighted by Gasteiger charge is 2.23. The van der Waals surface area contributed by atoms with Gasteiger partial charge in [-0.2, -0.15) is 0 Å². The van der Waals surface area contributed by atoms with E-state index in [4.69, 9.17) is 9.84 Å². The van der Waals surface area contributed by atoms with Gasteiger partial charge in [0.2, 0.25) is 0 Å². The number of hydrogen-bond donors (Lipinski definition) is 1. The van der Waals surface area contributed by atoms with E-state index in [-0.39, 0.29) is 23.1 Å². The van der Waals surface area contributed by atoms with Crippen LogP contribution in [0.15, 0.2) is 18.2 Å². The van der Waals surface area contributed by atoms with Crippen LogP contribution < -0.4 is 4.74 Å². The molecule has 0 aliphatic heterocycles. The number of nitro groups is 1. The van der Waals surface area contributed by atoms with E-state index in [2.05, 4.69) is 0 Å². The number of nitro benzene ring substituents is 1. The summed E-state index contributed by atoms with van der Waals surface area (Å²) in [6, 6.07) is 3.61. The van der Waals surface area contributed by atoms with Gasteiger partial charge in [-0.15, -0.1) is 0 Å². The molecule has 0 bridgehead atoms. The molecule has 1 aromatic carbocycles. The van der Waals surface area contributed by atoms with E-state index in [1.807, 2.05) is 0 Å². The van der Waals surface area contributed by atoms with Gasteiger partial charge in [-0.1, -0.05) is 0 Å². The summed E-state index contributed by atoms with van der Waals surface area (Å²) in [4.78, 5) is 21.1. The monoisotopic (exact) mass is 251 g/mol. The third-order valence-corrected chi connectivity index (χ3v) is 3.00. The Labute approximate surface area is 103 Å². The topological polar surface area (TPSA) is 89.7 Å². The summed E-state index contributed by atoms with van der Waals surface area (Å²) in [5, 5.41) is 19.7. The van der Waals surface area contributed by atoms with Gasteiger partial charge in [-0.25, -0.2) is 4.79 Å². The first-order chi connectivity index (χ1) is 8.58. The maximum absolute atomic E-state index is 10.9. The van der Waals surface area contributed by atoms with E-state index in [0.717, 1.165) is 25.7 Å². The van der Waals surface area contributed by atoms with Crippen molar-refractivity contribution in [3.63, 3.8) is 0 Å². The maximum atomic E-state index is 10.9. The van der Waals surface area contributed by atoms with Crippen LogP contribution in [-0.4, -0.2) is 22.1 Å². The van der Waals surface area contributed by atoms with Crippen LogP contribution in [0.5, 0.6) is 5.75 Å². The van der Waals surface area contributed by atoms with Crippen LogP contribution in [-0.2, 0) is 0 Å². The highest BCUT2D eigenvalue weighted by atomic mass is 16.6. The Hall–Kier alpha value is -2.11. The summed E-state index contributed by atoms with van der Waals surface area (Å²) in [6.07, 6.45) is 3.74. The highest BCUT2D eigenvalue weighted by Crippen LogP contribution is 2.32. The fourth-order valence-electron chi connectivity index (χ4n) is 2.08. The molecule has 1 N–H and O–H groups in total. The Bertz CT molecular complexity index is 479. The summed E-state index contributed by atoms with van der Waals surface area (Å²) in [6.45, 7) is 0. The number of rotatable bonds is 4. The fraction of sp³-hybridized carbons (Fsp3) is 0.417. The van der Waals surface area contributed by atoms with Crippen molar-refractivity contribution < 1.29 is 19.6 Å².